The van der Waals surface area contributed by atoms with Crippen LogP contribution in [0.25, 0.3) is 0 Å². The summed E-state index contributed by atoms with van der Waals surface area (Å²) in [6.07, 6.45) is -3.73. The Balaban J connectivity index is 2.46. The number of nitrogens with one attached hydrogen (secondary N) is 1. The molecule has 15 heavy (non-hydrogen) atoms. The number of amides is 1. The second-order valence-corrected chi connectivity index (χ2v) is 3.87. The molecule has 1 rings (SSSR count). The van der Waals surface area contributed by atoms with Crippen molar-refractivity contribution in [2.75, 3.05) is 6.54 Å². The van der Waals surface area contributed by atoms with Crippen LogP contribution in [0.2, 0.25) is 0 Å². The van der Waals surface area contributed by atoms with E-state index in [2.05, 4.69) is 5.32 Å². The number of piperidine rings is 1. The zero-order valence-electron chi connectivity index (χ0n) is 8.31. The first kappa shape index (κ1) is 12.3. The van der Waals surface area contributed by atoms with Crippen LogP contribution < -0.4 is 11.1 Å². The van der Waals surface area contributed by atoms with E-state index in [9.17, 15) is 18.0 Å². The first-order valence-electron chi connectivity index (χ1n) is 4.99. The number of halogens is 3. The summed E-state index contributed by atoms with van der Waals surface area (Å²) >= 11 is 0. The van der Waals surface area contributed by atoms with Crippen LogP contribution in [0, 0.1) is 5.92 Å². The molecule has 3 N–H and O–H groups in total. The maximum atomic E-state index is 12.0. The van der Waals surface area contributed by atoms with Crippen LogP contribution >= 0.6 is 0 Å². The fourth-order valence-electron chi connectivity index (χ4n) is 1.92. The van der Waals surface area contributed by atoms with E-state index in [1.165, 1.54) is 0 Å². The lowest BCUT2D eigenvalue weighted by Crippen LogP contribution is -2.47. The number of hydrogen-bond acceptors (Lipinski definition) is 2. The molecule has 0 aromatic rings. The smallest absolute Gasteiger partial charge is 0.369 e. The number of rotatable bonds is 3. The number of carbonyl (C=O) groups excluding carboxylic acids is 1. The van der Waals surface area contributed by atoms with Crippen molar-refractivity contribution in [3.8, 4) is 0 Å². The highest BCUT2D eigenvalue weighted by atomic mass is 19.4. The minimum atomic E-state index is -4.17. The molecule has 0 aliphatic carbocycles. The van der Waals surface area contributed by atoms with Gasteiger partial charge in [-0.15, -0.1) is 0 Å². The molecule has 0 saturated carbocycles. The summed E-state index contributed by atoms with van der Waals surface area (Å²) in [4.78, 5) is 11.0. The molecule has 0 spiro atoms. The van der Waals surface area contributed by atoms with Gasteiger partial charge in [-0.3, -0.25) is 4.79 Å². The number of alkyl halides is 3. The predicted octanol–water partition coefficient (Wildman–Crippen LogP) is 1.18. The van der Waals surface area contributed by atoms with E-state index < -0.39 is 30.5 Å². The van der Waals surface area contributed by atoms with Crippen LogP contribution in [-0.2, 0) is 4.79 Å². The van der Waals surface area contributed by atoms with E-state index in [1.54, 1.807) is 0 Å². The van der Waals surface area contributed by atoms with Crippen molar-refractivity contribution in [3.63, 3.8) is 0 Å². The Morgan fingerprint density at radius 1 is 1.47 bits per heavy atom. The fraction of sp³-hybridized carbons (Fsp3) is 0.889. The van der Waals surface area contributed by atoms with Crippen LogP contribution in [0.1, 0.15) is 25.7 Å². The molecule has 1 fully saturated rings. The molecule has 0 bridgehead atoms. The monoisotopic (exact) mass is 224 g/mol. The summed E-state index contributed by atoms with van der Waals surface area (Å²) in [6, 6.07) is -0.419. The van der Waals surface area contributed by atoms with Crippen molar-refractivity contribution in [2.24, 2.45) is 11.7 Å². The third-order valence-electron chi connectivity index (χ3n) is 2.69. The maximum Gasteiger partial charge on any atom is 0.389 e. The Hall–Kier alpha value is -0.780. The SMILES string of the molecule is NC(=O)C1CCCNC1CCC(F)(F)F. The zero-order chi connectivity index (χ0) is 11.5. The standard InChI is InChI=1S/C9H15F3N2O/c10-9(11,12)4-3-7-6(8(13)15)2-1-5-14-7/h6-7,14H,1-5H2,(H2,13,15). The van der Waals surface area contributed by atoms with Crippen molar-refractivity contribution < 1.29 is 18.0 Å². The van der Waals surface area contributed by atoms with Crippen molar-refractivity contribution in [2.45, 2.75) is 37.9 Å². The first-order valence-corrected chi connectivity index (χ1v) is 4.99. The Kier molecular flexibility index (Phi) is 3.96. The average molecular weight is 224 g/mol. The van der Waals surface area contributed by atoms with E-state index in [1.807, 2.05) is 0 Å². The fourth-order valence-corrected chi connectivity index (χ4v) is 1.92. The molecule has 0 radical (unpaired) electrons. The number of hydrogen-bond donors (Lipinski definition) is 2. The van der Waals surface area contributed by atoms with Crippen LogP contribution in [0.15, 0.2) is 0 Å². The molecule has 1 aliphatic rings. The molecule has 1 heterocycles. The molecule has 6 heteroatoms. The van der Waals surface area contributed by atoms with Gasteiger partial charge in [0.05, 0.1) is 5.92 Å². The van der Waals surface area contributed by atoms with E-state index in [-0.39, 0.29) is 6.42 Å². The van der Waals surface area contributed by atoms with Crippen LogP contribution in [0.3, 0.4) is 0 Å². The Bertz CT molecular complexity index is 230. The summed E-state index contributed by atoms with van der Waals surface area (Å²) in [5, 5.41) is 2.92. The highest BCUT2D eigenvalue weighted by molar-refractivity contribution is 5.77. The summed E-state index contributed by atoms with van der Waals surface area (Å²) in [5.74, 6) is -0.963. The number of carbonyl (C=O) groups is 1. The maximum absolute atomic E-state index is 12.0. The predicted molar refractivity (Wildman–Crippen MR) is 49.0 cm³/mol. The van der Waals surface area contributed by atoms with Gasteiger partial charge < -0.3 is 11.1 Å². The third kappa shape index (κ3) is 4.07. The molecule has 2 atom stereocenters. The van der Waals surface area contributed by atoms with Crippen molar-refractivity contribution >= 4 is 5.91 Å². The van der Waals surface area contributed by atoms with Crippen molar-refractivity contribution in [1.29, 1.82) is 0 Å². The quantitative estimate of drug-likeness (QED) is 0.756. The molecule has 3 nitrogen and oxygen atoms in total. The molecule has 88 valence electrons. The van der Waals surface area contributed by atoms with Crippen LogP contribution in [0.4, 0.5) is 13.2 Å². The summed E-state index contributed by atoms with van der Waals surface area (Å²) < 4.78 is 36.0. The minimum absolute atomic E-state index is 0.0723. The lowest BCUT2D eigenvalue weighted by atomic mass is 9.87. The topological polar surface area (TPSA) is 55.1 Å². The average Bonchev–Trinajstić information content (AvgIpc) is 2.14. The van der Waals surface area contributed by atoms with Gasteiger partial charge in [0, 0.05) is 12.5 Å². The molecular formula is C9H15F3N2O. The van der Waals surface area contributed by atoms with Crippen LogP contribution in [0.5, 0.6) is 0 Å². The molecular weight excluding hydrogens is 209 g/mol. The second kappa shape index (κ2) is 4.83. The van der Waals surface area contributed by atoms with Gasteiger partial charge in [0.2, 0.25) is 5.91 Å². The van der Waals surface area contributed by atoms with Crippen molar-refractivity contribution in [1.82, 2.24) is 5.32 Å². The van der Waals surface area contributed by atoms with E-state index >= 15 is 0 Å². The van der Waals surface area contributed by atoms with E-state index in [0.717, 1.165) is 6.42 Å². The molecule has 0 aromatic heterocycles. The molecule has 0 aromatic carbocycles. The summed E-state index contributed by atoms with van der Waals surface area (Å²) in [6.45, 7) is 0.659. The van der Waals surface area contributed by atoms with Gasteiger partial charge in [0.1, 0.15) is 0 Å². The van der Waals surface area contributed by atoms with Gasteiger partial charge in [-0.1, -0.05) is 0 Å². The van der Waals surface area contributed by atoms with E-state index in [0.29, 0.717) is 13.0 Å². The lowest BCUT2D eigenvalue weighted by molar-refractivity contribution is -0.139. The molecule has 1 saturated heterocycles. The first-order chi connectivity index (χ1) is 6.90. The normalized spacial score (nSPS) is 27.7. The second-order valence-electron chi connectivity index (χ2n) is 3.87. The highest BCUT2D eigenvalue weighted by Crippen LogP contribution is 2.26. The van der Waals surface area contributed by atoms with Crippen molar-refractivity contribution in [3.05, 3.63) is 0 Å². The van der Waals surface area contributed by atoms with Crippen LogP contribution in [-0.4, -0.2) is 24.7 Å². The molecule has 1 aliphatic heterocycles. The molecule has 1 amide bonds. The Morgan fingerprint density at radius 2 is 2.13 bits per heavy atom. The third-order valence-corrected chi connectivity index (χ3v) is 2.69. The number of nitrogens with two attached hydrogens (primary N) is 1. The van der Waals surface area contributed by atoms with Gasteiger partial charge in [-0.2, -0.15) is 13.2 Å². The summed E-state index contributed by atoms with van der Waals surface area (Å²) in [5.41, 5.74) is 5.14. The minimum Gasteiger partial charge on any atom is -0.369 e. The lowest BCUT2D eigenvalue weighted by Gasteiger charge is -2.30. The van der Waals surface area contributed by atoms with E-state index in [4.69, 9.17) is 5.73 Å². The van der Waals surface area contributed by atoms with Gasteiger partial charge in [-0.25, -0.2) is 0 Å². The Morgan fingerprint density at radius 3 is 2.67 bits per heavy atom. The van der Waals surface area contributed by atoms with Gasteiger partial charge in [-0.05, 0) is 25.8 Å². The van der Waals surface area contributed by atoms with Gasteiger partial charge in [0.15, 0.2) is 0 Å². The molecule has 2 unspecified atom stereocenters. The van der Waals surface area contributed by atoms with Gasteiger partial charge in [0.25, 0.3) is 0 Å². The van der Waals surface area contributed by atoms with Gasteiger partial charge >= 0.3 is 6.18 Å². The largest absolute Gasteiger partial charge is 0.389 e. The zero-order valence-corrected chi connectivity index (χ0v) is 8.31. The Labute approximate surface area is 86.2 Å². The highest BCUT2D eigenvalue weighted by Gasteiger charge is 2.33. The summed E-state index contributed by atoms with van der Waals surface area (Å²) in [7, 11) is 0. The number of primary amides is 1.